The molecule has 1 nitrogen and oxygen atoms in total. The molecule has 0 aliphatic carbocycles. The van der Waals surface area contributed by atoms with E-state index in [-0.39, 0.29) is 0 Å². The van der Waals surface area contributed by atoms with Crippen molar-refractivity contribution in [2.45, 2.75) is 12.5 Å². The van der Waals surface area contributed by atoms with Crippen LogP contribution in [0.2, 0.25) is 6.04 Å². The van der Waals surface area contributed by atoms with Crippen LogP contribution < -0.4 is 4.98 Å². The van der Waals surface area contributed by atoms with Crippen molar-refractivity contribution in [2.24, 2.45) is 0 Å². The van der Waals surface area contributed by atoms with Gasteiger partial charge in [-0.3, -0.25) is 0 Å². The van der Waals surface area contributed by atoms with E-state index in [9.17, 15) is 0 Å². The predicted octanol–water partition coefficient (Wildman–Crippen LogP) is -0.518. The molecule has 2 heteroatoms. The van der Waals surface area contributed by atoms with Crippen molar-refractivity contribution >= 4 is 9.68 Å². The molecule has 0 aromatic carbocycles. The molecule has 0 amide bonds. The van der Waals surface area contributed by atoms with Crippen LogP contribution >= 0.6 is 0 Å². The van der Waals surface area contributed by atoms with Crippen LogP contribution in [0.5, 0.6) is 0 Å². The van der Waals surface area contributed by atoms with Crippen molar-refractivity contribution in [1.82, 2.24) is 4.98 Å². The fourth-order valence-corrected chi connectivity index (χ4v) is 1.87. The maximum atomic E-state index is 3.36. The summed E-state index contributed by atoms with van der Waals surface area (Å²) in [4.78, 5) is 3.36. The molecule has 1 fully saturated rings. The third-order valence-electron chi connectivity index (χ3n) is 0.957. The average Bonchev–Trinajstić information content (AvgIpc) is 1.76. The second-order valence-corrected chi connectivity index (χ2v) is 3.16. The van der Waals surface area contributed by atoms with Gasteiger partial charge in [-0.05, 0) is 19.0 Å². The number of nitrogens with one attached hydrogen (secondary N) is 1. The number of hydrogen-bond donors (Lipinski definition) is 1. The lowest BCUT2D eigenvalue weighted by Crippen LogP contribution is -2.07. The van der Waals surface area contributed by atoms with Crippen molar-refractivity contribution in [1.29, 1.82) is 0 Å². The molecule has 0 atom stereocenters. The number of hydrogen-bond acceptors (Lipinski definition) is 1. The largest absolute Gasteiger partial charge is 0.342 e. The van der Waals surface area contributed by atoms with Crippen molar-refractivity contribution < 1.29 is 0 Å². The van der Waals surface area contributed by atoms with Crippen LogP contribution in [0.4, 0.5) is 0 Å². The first-order valence-corrected chi connectivity index (χ1v) is 3.91. The summed E-state index contributed by atoms with van der Waals surface area (Å²) in [5.74, 6) is 0. The lowest BCUT2D eigenvalue weighted by atomic mass is 10.5. The summed E-state index contributed by atoms with van der Waals surface area (Å²) in [6, 6.07) is 1.53. The molecule has 1 heterocycles. The molecule has 0 bridgehead atoms. The number of rotatable bonds is 0. The van der Waals surface area contributed by atoms with Crippen LogP contribution in [0.1, 0.15) is 6.42 Å². The van der Waals surface area contributed by atoms with Gasteiger partial charge in [0.25, 0.3) is 0 Å². The van der Waals surface area contributed by atoms with Crippen LogP contribution in [0.25, 0.3) is 0 Å². The zero-order valence-electron chi connectivity index (χ0n) is 3.33. The summed E-state index contributed by atoms with van der Waals surface area (Å²) in [6.07, 6.45) is 1.45. The molecule has 1 saturated heterocycles. The molecule has 1 aliphatic heterocycles. The third kappa shape index (κ3) is 0.739. The molecule has 0 radical (unpaired) electrons. The standard InChI is InChI=1S/C3H9NSi/c1-2-4-5-3-1/h4H,1-3,5H2. The highest BCUT2D eigenvalue weighted by Gasteiger charge is 1.94. The minimum absolute atomic E-state index is 0.293. The smallest absolute Gasteiger partial charge is 0.0916 e. The van der Waals surface area contributed by atoms with Gasteiger partial charge < -0.3 is 4.98 Å². The molecule has 30 valence electrons. The zero-order chi connectivity index (χ0) is 3.54. The fourth-order valence-electron chi connectivity index (χ4n) is 0.625. The van der Waals surface area contributed by atoms with Crippen LogP contribution in [0.3, 0.4) is 0 Å². The Kier molecular flexibility index (Phi) is 1.06. The van der Waals surface area contributed by atoms with Gasteiger partial charge in [0, 0.05) is 0 Å². The van der Waals surface area contributed by atoms with Gasteiger partial charge in [-0.1, -0.05) is 0 Å². The topological polar surface area (TPSA) is 12.0 Å². The fraction of sp³-hybridized carbons (Fsp3) is 1.00. The Morgan fingerprint density at radius 2 is 2.60 bits per heavy atom. The molecule has 0 spiro atoms. The molecular weight excluding hydrogens is 78.1 g/mol. The van der Waals surface area contributed by atoms with Crippen LogP contribution in [0.15, 0.2) is 0 Å². The third-order valence-corrected chi connectivity index (χ3v) is 2.52. The van der Waals surface area contributed by atoms with Gasteiger partial charge in [-0.2, -0.15) is 0 Å². The molecule has 1 aliphatic rings. The zero-order valence-corrected chi connectivity index (χ0v) is 4.74. The van der Waals surface area contributed by atoms with E-state index in [2.05, 4.69) is 4.98 Å². The van der Waals surface area contributed by atoms with Gasteiger partial charge in [0.15, 0.2) is 0 Å². The normalized spacial score (nSPS) is 28.8. The highest BCUT2D eigenvalue weighted by Crippen LogP contribution is 1.89. The summed E-state index contributed by atoms with van der Waals surface area (Å²) in [5, 5.41) is 0. The summed E-state index contributed by atoms with van der Waals surface area (Å²) < 4.78 is 0. The van der Waals surface area contributed by atoms with Gasteiger partial charge in [0.2, 0.25) is 0 Å². The van der Waals surface area contributed by atoms with E-state index in [1.807, 2.05) is 0 Å². The second-order valence-electron chi connectivity index (χ2n) is 1.46. The molecule has 1 rings (SSSR count). The van der Waals surface area contributed by atoms with E-state index in [0.717, 1.165) is 0 Å². The molecule has 1 N–H and O–H groups in total. The van der Waals surface area contributed by atoms with E-state index in [1.54, 1.807) is 0 Å². The minimum atomic E-state index is 0.293. The Balaban J connectivity index is 2.08. The van der Waals surface area contributed by atoms with Crippen molar-refractivity contribution in [3.63, 3.8) is 0 Å². The maximum Gasteiger partial charge on any atom is 0.0916 e. The molecule has 0 aromatic heterocycles. The van der Waals surface area contributed by atoms with Crippen LogP contribution in [-0.2, 0) is 0 Å². The summed E-state index contributed by atoms with van der Waals surface area (Å²) in [7, 11) is 0.293. The maximum absolute atomic E-state index is 3.36. The van der Waals surface area contributed by atoms with E-state index in [0.29, 0.717) is 9.68 Å². The van der Waals surface area contributed by atoms with Crippen LogP contribution in [0, 0.1) is 0 Å². The van der Waals surface area contributed by atoms with Gasteiger partial charge in [0.05, 0.1) is 9.68 Å². The van der Waals surface area contributed by atoms with Crippen LogP contribution in [-0.4, -0.2) is 16.2 Å². The Labute approximate surface area is 34.7 Å². The molecular formula is C3H9NSi. The average molecular weight is 87.2 g/mol. The lowest BCUT2D eigenvalue weighted by molar-refractivity contribution is 0.933. The summed E-state index contributed by atoms with van der Waals surface area (Å²) in [6.45, 7) is 1.31. The Morgan fingerprint density at radius 1 is 1.60 bits per heavy atom. The van der Waals surface area contributed by atoms with E-state index in [1.165, 1.54) is 19.0 Å². The van der Waals surface area contributed by atoms with Gasteiger partial charge in [-0.25, -0.2) is 0 Å². The highest BCUT2D eigenvalue weighted by atomic mass is 28.2. The predicted molar refractivity (Wildman–Crippen MR) is 26.0 cm³/mol. The van der Waals surface area contributed by atoms with E-state index >= 15 is 0 Å². The van der Waals surface area contributed by atoms with Gasteiger partial charge in [-0.15, -0.1) is 0 Å². The SMILES string of the molecule is C1CN[SiH2]C1. The molecule has 0 saturated carbocycles. The first-order valence-electron chi connectivity index (χ1n) is 2.21. The van der Waals surface area contributed by atoms with E-state index < -0.39 is 0 Å². The van der Waals surface area contributed by atoms with Gasteiger partial charge >= 0.3 is 0 Å². The Hall–Kier alpha value is 0.177. The Bertz CT molecular complexity index is 18.5. The quantitative estimate of drug-likeness (QED) is 0.392. The Morgan fingerprint density at radius 3 is 2.80 bits per heavy atom. The summed E-state index contributed by atoms with van der Waals surface area (Å²) >= 11 is 0. The van der Waals surface area contributed by atoms with Crippen molar-refractivity contribution in [3.05, 3.63) is 0 Å². The minimum Gasteiger partial charge on any atom is -0.342 e. The lowest BCUT2D eigenvalue weighted by Gasteiger charge is -1.75. The highest BCUT2D eigenvalue weighted by molar-refractivity contribution is 6.33. The molecule has 0 aromatic rings. The van der Waals surface area contributed by atoms with Crippen molar-refractivity contribution in [2.75, 3.05) is 6.54 Å². The molecule has 5 heavy (non-hydrogen) atoms. The summed E-state index contributed by atoms with van der Waals surface area (Å²) in [5.41, 5.74) is 0. The first kappa shape index (κ1) is 3.37. The monoisotopic (exact) mass is 87.1 g/mol. The van der Waals surface area contributed by atoms with E-state index in [4.69, 9.17) is 0 Å². The van der Waals surface area contributed by atoms with Crippen molar-refractivity contribution in [3.8, 4) is 0 Å². The van der Waals surface area contributed by atoms with Gasteiger partial charge in [0.1, 0.15) is 0 Å². The first-order chi connectivity index (χ1) is 2.50. The molecule has 0 unspecified atom stereocenters. The second kappa shape index (κ2) is 1.57.